The molecule has 0 aromatic rings. The van der Waals surface area contributed by atoms with Crippen molar-refractivity contribution in [2.24, 2.45) is 11.8 Å². The molecular weight excluding hydrogens is 242 g/mol. The molecule has 1 rings (SSSR count). The van der Waals surface area contributed by atoms with Gasteiger partial charge in [-0.15, -0.1) is 0 Å². The molecule has 1 fully saturated rings. The van der Waals surface area contributed by atoms with E-state index in [1.54, 1.807) is 0 Å². The van der Waals surface area contributed by atoms with Crippen molar-refractivity contribution < 1.29 is 4.21 Å². The summed E-state index contributed by atoms with van der Waals surface area (Å²) in [4.78, 5) is 0. The largest absolute Gasteiger partial charge is 0.313 e. The Morgan fingerprint density at radius 1 is 1.33 bits per heavy atom. The van der Waals surface area contributed by atoms with Gasteiger partial charge in [0.15, 0.2) is 0 Å². The van der Waals surface area contributed by atoms with E-state index < -0.39 is 10.8 Å². The SMILES string of the molecule is CCNC(CS(=O)C1CCCC(C)C1)C(C)CC. The summed E-state index contributed by atoms with van der Waals surface area (Å²) in [7, 11) is -0.643. The third kappa shape index (κ3) is 5.00. The van der Waals surface area contributed by atoms with E-state index in [0.717, 1.165) is 24.6 Å². The van der Waals surface area contributed by atoms with Crippen LogP contribution in [0, 0.1) is 11.8 Å². The molecule has 18 heavy (non-hydrogen) atoms. The van der Waals surface area contributed by atoms with E-state index in [-0.39, 0.29) is 0 Å². The van der Waals surface area contributed by atoms with Gasteiger partial charge in [-0.1, -0.05) is 47.0 Å². The van der Waals surface area contributed by atoms with Crippen molar-refractivity contribution in [3.8, 4) is 0 Å². The zero-order chi connectivity index (χ0) is 13.5. The van der Waals surface area contributed by atoms with Crippen LogP contribution in [0.15, 0.2) is 0 Å². The van der Waals surface area contributed by atoms with Gasteiger partial charge in [0.2, 0.25) is 0 Å². The van der Waals surface area contributed by atoms with Crippen LogP contribution in [0.25, 0.3) is 0 Å². The number of nitrogens with one attached hydrogen (secondary N) is 1. The molecule has 3 heteroatoms. The third-order valence-corrected chi connectivity index (χ3v) is 6.26. The van der Waals surface area contributed by atoms with Crippen molar-refractivity contribution in [3.05, 3.63) is 0 Å². The summed E-state index contributed by atoms with van der Waals surface area (Å²) in [6.07, 6.45) is 6.11. The molecule has 5 atom stereocenters. The van der Waals surface area contributed by atoms with E-state index in [1.165, 1.54) is 25.7 Å². The molecule has 0 amide bonds. The molecule has 1 N–H and O–H groups in total. The van der Waals surface area contributed by atoms with Gasteiger partial charge in [-0.3, -0.25) is 4.21 Å². The second-order valence-corrected chi connectivity index (χ2v) is 7.75. The van der Waals surface area contributed by atoms with E-state index in [1.807, 2.05) is 0 Å². The lowest BCUT2D eigenvalue weighted by Gasteiger charge is -2.29. The molecule has 1 aliphatic rings. The minimum atomic E-state index is -0.643. The highest BCUT2D eigenvalue weighted by molar-refractivity contribution is 7.85. The first kappa shape index (κ1) is 16.2. The van der Waals surface area contributed by atoms with Gasteiger partial charge in [-0.25, -0.2) is 0 Å². The van der Waals surface area contributed by atoms with E-state index in [2.05, 4.69) is 33.0 Å². The highest BCUT2D eigenvalue weighted by Crippen LogP contribution is 2.27. The smallest absolute Gasteiger partial charge is 0.0394 e. The van der Waals surface area contributed by atoms with Crippen LogP contribution in [0.5, 0.6) is 0 Å². The minimum Gasteiger partial charge on any atom is -0.313 e. The Morgan fingerprint density at radius 2 is 2.06 bits per heavy atom. The monoisotopic (exact) mass is 273 g/mol. The molecule has 1 aliphatic carbocycles. The molecule has 0 aromatic carbocycles. The highest BCUT2D eigenvalue weighted by Gasteiger charge is 2.26. The number of rotatable bonds is 7. The minimum absolute atomic E-state index is 0.429. The molecule has 0 spiro atoms. The van der Waals surface area contributed by atoms with Gasteiger partial charge >= 0.3 is 0 Å². The van der Waals surface area contributed by atoms with Gasteiger partial charge in [0.25, 0.3) is 0 Å². The zero-order valence-electron chi connectivity index (χ0n) is 12.6. The molecule has 0 bridgehead atoms. The van der Waals surface area contributed by atoms with Crippen LogP contribution in [0.4, 0.5) is 0 Å². The lowest BCUT2D eigenvalue weighted by atomic mass is 9.91. The fourth-order valence-electron chi connectivity index (χ4n) is 2.90. The van der Waals surface area contributed by atoms with Gasteiger partial charge in [0.1, 0.15) is 0 Å². The molecule has 0 heterocycles. The fourth-order valence-corrected chi connectivity index (χ4v) is 4.95. The van der Waals surface area contributed by atoms with Crippen LogP contribution in [0.2, 0.25) is 0 Å². The zero-order valence-corrected chi connectivity index (χ0v) is 13.4. The molecule has 108 valence electrons. The van der Waals surface area contributed by atoms with Crippen molar-refractivity contribution >= 4 is 10.8 Å². The van der Waals surface area contributed by atoms with Crippen LogP contribution in [-0.4, -0.2) is 27.8 Å². The van der Waals surface area contributed by atoms with Gasteiger partial charge in [0.05, 0.1) is 0 Å². The molecule has 2 nitrogen and oxygen atoms in total. The maximum absolute atomic E-state index is 12.5. The van der Waals surface area contributed by atoms with Crippen molar-refractivity contribution in [3.63, 3.8) is 0 Å². The maximum atomic E-state index is 12.5. The van der Waals surface area contributed by atoms with Gasteiger partial charge in [0, 0.05) is 27.8 Å². The van der Waals surface area contributed by atoms with E-state index >= 15 is 0 Å². The first-order chi connectivity index (χ1) is 8.58. The number of hydrogen-bond donors (Lipinski definition) is 1. The Kier molecular flexibility index (Phi) is 7.47. The summed E-state index contributed by atoms with van der Waals surface area (Å²) in [5, 5.41) is 3.98. The van der Waals surface area contributed by atoms with E-state index in [9.17, 15) is 4.21 Å². The van der Waals surface area contributed by atoms with Crippen LogP contribution in [0.1, 0.15) is 59.8 Å². The van der Waals surface area contributed by atoms with Crippen molar-refractivity contribution in [2.45, 2.75) is 71.1 Å². The maximum Gasteiger partial charge on any atom is 0.0394 e. The molecule has 5 unspecified atom stereocenters. The fraction of sp³-hybridized carbons (Fsp3) is 1.00. The summed E-state index contributed by atoms with van der Waals surface area (Å²) >= 11 is 0. The first-order valence-corrected chi connectivity index (χ1v) is 9.07. The summed E-state index contributed by atoms with van der Waals surface area (Å²) in [5.74, 6) is 2.24. The highest BCUT2D eigenvalue weighted by atomic mass is 32.2. The van der Waals surface area contributed by atoms with Gasteiger partial charge in [-0.05, 0) is 31.2 Å². The Hall–Kier alpha value is 0.110. The molecule has 0 radical (unpaired) electrons. The van der Waals surface area contributed by atoms with Crippen molar-refractivity contribution in [2.75, 3.05) is 12.3 Å². The Labute approximate surface area is 116 Å². The topological polar surface area (TPSA) is 29.1 Å². The molecule has 0 saturated heterocycles. The average molecular weight is 273 g/mol. The second-order valence-electron chi connectivity index (χ2n) is 5.99. The summed E-state index contributed by atoms with van der Waals surface area (Å²) in [5.41, 5.74) is 0. The molecule has 1 saturated carbocycles. The lowest BCUT2D eigenvalue weighted by Crippen LogP contribution is -2.41. The van der Waals surface area contributed by atoms with E-state index in [0.29, 0.717) is 17.2 Å². The normalized spacial score (nSPS) is 29.8. The van der Waals surface area contributed by atoms with Crippen LogP contribution in [0.3, 0.4) is 0 Å². The Balaban J connectivity index is 2.49. The van der Waals surface area contributed by atoms with Gasteiger partial charge in [-0.2, -0.15) is 0 Å². The quantitative estimate of drug-likeness (QED) is 0.771. The molecular formula is C15H31NOS. The van der Waals surface area contributed by atoms with E-state index in [4.69, 9.17) is 0 Å². The molecule has 0 aliphatic heterocycles. The first-order valence-electron chi connectivity index (χ1n) is 7.69. The predicted molar refractivity (Wildman–Crippen MR) is 81.3 cm³/mol. The van der Waals surface area contributed by atoms with Crippen LogP contribution in [-0.2, 0) is 10.8 Å². The van der Waals surface area contributed by atoms with Crippen molar-refractivity contribution in [1.82, 2.24) is 5.32 Å². The van der Waals surface area contributed by atoms with Crippen LogP contribution < -0.4 is 5.32 Å². The summed E-state index contributed by atoms with van der Waals surface area (Å²) in [6.45, 7) is 9.92. The molecule has 0 aromatic heterocycles. The second kappa shape index (κ2) is 8.31. The summed E-state index contributed by atoms with van der Waals surface area (Å²) in [6, 6.07) is 0.429. The number of hydrogen-bond acceptors (Lipinski definition) is 2. The lowest BCUT2D eigenvalue weighted by molar-refractivity contribution is 0.381. The Bertz CT molecular complexity index is 257. The van der Waals surface area contributed by atoms with Crippen LogP contribution >= 0.6 is 0 Å². The predicted octanol–water partition coefficient (Wildman–Crippen LogP) is 3.34. The van der Waals surface area contributed by atoms with Gasteiger partial charge < -0.3 is 5.32 Å². The Morgan fingerprint density at radius 3 is 2.61 bits per heavy atom. The summed E-state index contributed by atoms with van der Waals surface area (Å²) < 4.78 is 12.5. The third-order valence-electron chi connectivity index (χ3n) is 4.40. The van der Waals surface area contributed by atoms with Crippen molar-refractivity contribution in [1.29, 1.82) is 0 Å². The standard InChI is InChI=1S/C15H31NOS/c1-5-13(4)15(16-6-2)11-18(17)14-9-7-8-12(3)10-14/h12-16H,5-11H2,1-4H3. The average Bonchev–Trinajstić information content (AvgIpc) is 2.37.